The number of hydrogen-bond donors (Lipinski definition) is 1. The molecule has 0 radical (unpaired) electrons. The van der Waals surface area contributed by atoms with Crippen LogP contribution < -0.4 is 5.32 Å². The summed E-state index contributed by atoms with van der Waals surface area (Å²) in [5.74, 6) is 0.0794. The summed E-state index contributed by atoms with van der Waals surface area (Å²) in [5, 5.41) is 5.77. The van der Waals surface area contributed by atoms with Crippen LogP contribution in [-0.2, 0) is 27.8 Å². The predicted molar refractivity (Wildman–Crippen MR) is 108 cm³/mol. The zero-order chi connectivity index (χ0) is 18.3. The summed E-state index contributed by atoms with van der Waals surface area (Å²) in [6, 6.07) is 20.8. The molecule has 1 N–H and O–H groups in total. The Morgan fingerprint density at radius 3 is 2.37 bits per heavy atom. The molecule has 1 heterocycles. The minimum Gasteiger partial charge on any atom is -0.381 e. The number of rotatable bonds is 3. The van der Waals surface area contributed by atoms with Crippen molar-refractivity contribution in [2.75, 3.05) is 18.5 Å². The zero-order valence-electron chi connectivity index (χ0n) is 15.3. The van der Waals surface area contributed by atoms with Crippen LogP contribution in [0.15, 0.2) is 60.7 Å². The summed E-state index contributed by atoms with van der Waals surface area (Å²) in [7, 11) is 0. The van der Waals surface area contributed by atoms with E-state index in [9.17, 15) is 4.79 Å². The van der Waals surface area contributed by atoms with E-state index in [1.54, 1.807) is 0 Å². The van der Waals surface area contributed by atoms with Gasteiger partial charge in [-0.2, -0.15) is 0 Å². The van der Waals surface area contributed by atoms with Gasteiger partial charge in [0.25, 0.3) is 0 Å². The van der Waals surface area contributed by atoms with Gasteiger partial charge in [-0.05, 0) is 53.8 Å². The van der Waals surface area contributed by atoms with Gasteiger partial charge < -0.3 is 10.1 Å². The predicted octanol–water partition coefficient (Wildman–Crippen LogP) is 4.63. The van der Waals surface area contributed by atoms with Gasteiger partial charge in [0.1, 0.15) is 0 Å². The largest absolute Gasteiger partial charge is 0.381 e. The minimum absolute atomic E-state index is 0.0794. The minimum atomic E-state index is -0.526. The molecule has 1 aliphatic heterocycles. The third-order valence-electron chi connectivity index (χ3n) is 6.23. The molecule has 136 valence electrons. The van der Waals surface area contributed by atoms with Crippen molar-refractivity contribution in [1.29, 1.82) is 0 Å². The van der Waals surface area contributed by atoms with Gasteiger partial charge in [-0.25, -0.2) is 0 Å². The summed E-state index contributed by atoms with van der Waals surface area (Å²) in [5.41, 5.74) is 4.26. The van der Waals surface area contributed by atoms with Crippen LogP contribution in [-0.4, -0.2) is 19.1 Å². The van der Waals surface area contributed by atoms with Gasteiger partial charge in [0.05, 0.1) is 5.41 Å². The van der Waals surface area contributed by atoms with Gasteiger partial charge in [-0.3, -0.25) is 4.79 Å². The maximum absolute atomic E-state index is 13.6. The molecular formula is C24H23NO2. The maximum Gasteiger partial charge on any atom is 0.235 e. The fourth-order valence-electron chi connectivity index (χ4n) is 4.72. The summed E-state index contributed by atoms with van der Waals surface area (Å²) in [6.45, 7) is 1.23. The van der Waals surface area contributed by atoms with Crippen LogP contribution in [0.1, 0.15) is 29.5 Å². The number of anilines is 1. The van der Waals surface area contributed by atoms with Gasteiger partial charge in [-0.15, -0.1) is 0 Å². The molecule has 2 aliphatic rings. The molecule has 3 nitrogen and oxygen atoms in total. The second-order valence-corrected chi connectivity index (χ2v) is 7.63. The summed E-state index contributed by atoms with van der Waals surface area (Å²) >= 11 is 0. The second-order valence-electron chi connectivity index (χ2n) is 7.63. The van der Waals surface area contributed by atoms with Crippen molar-refractivity contribution in [3.05, 3.63) is 77.4 Å². The highest BCUT2D eigenvalue weighted by atomic mass is 16.5. The quantitative estimate of drug-likeness (QED) is 0.742. The monoisotopic (exact) mass is 357 g/mol. The van der Waals surface area contributed by atoms with E-state index in [4.69, 9.17) is 4.74 Å². The van der Waals surface area contributed by atoms with E-state index in [1.165, 1.54) is 16.5 Å². The Bertz CT molecular complexity index is 993. The van der Waals surface area contributed by atoms with Gasteiger partial charge >= 0.3 is 0 Å². The third kappa shape index (κ3) is 2.65. The molecule has 5 rings (SSSR count). The lowest BCUT2D eigenvalue weighted by atomic mass is 9.73. The first kappa shape index (κ1) is 16.5. The second kappa shape index (κ2) is 6.50. The van der Waals surface area contributed by atoms with Crippen LogP contribution in [0.3, 0.4) is 0 Å². The van der Waals surface area contributed by atoms with E-state index in [1.807, 2.05) is 18.2 Å². The highest BCUT2D eigenvalue weighted by molar-refractivity contribution is 6.07. The molecule has 0 spiro atoms. The van der Waals surface area contributed by atoms with Crippen LogP contribution in [0.4, 0.5) is 5.69 Å². The Kier molecular flexibility index (Phi) is 3.98. The first-order valence-electron chi connectivity index (χ1n) is 9.76. The molecule has 1 fully saturated rings. The number of aryl methyl sites for hydroxylation is 2. The zero-order valence-corrected chi connectivity index (χ0v) is 15.3. The number of amides is 1. The number of hydrogen-bond acceptors (Lipinski definition) is 2. The van der Waals surface area contributed by atoms with E-state index in [0.717, 1.165) is 29.5 Å². The lowest BCUT2D eigenvalue weighted by Crippen LogP contribution is -2.44. The molecule has 1 aliphatic carbocycles. The first-order chi connectivity index (χ1) is 13.3. The first-order valence-corrected chi connectivity index (χ1v) is 9.76. The third-order valence-corrected chi connectivity index (χ3v) is 6.23. The SMILES string of the molecule is O=C(Nc1ccc2c3c(cccc13)CC2)C1(c2ccccc2)CCOCC1. The molecule has 0 bridgehead atoms. The van der Waals surface area contributed by atoms with Crippen LogP contribution in [0.5, 0.6) is 0 Å². The topological polar surface area (TPSA) is 38.3 Å². The normalized spacial score (nSPS) is 17.8. The number of benzene rings is 3. The highest BCUT2D eigenvalue weighted by Gasteiger charge is 2.41. The molecule has 1 saturated heterocycles. The van der Waals surface area contributed by atoms with Crippen molar-refractivity contribution in [3.63, 3.8) is 0 Å². The highest BCUT2D eigenvalue weighted by Crippen LogP contribution is 2.39. The molecule has 3 heteroatoms. The number of nitrogens with one attached hydrogen (secondary N) is 1. The molecule has 3 aromatic carbocycles. The molecule has 0 saturated carbocycles. The number of ether oxygens (including phenoxy) is 1. The smallest absolute Gasteiger partial charge is 0.235 e. The average molecular weight is 357 g/mol. The van der Waals surface area contributed by atoms with E-state index in [0.29, 0.717) is 26.1 Å². The van der Waals surface area contributed by atoms with E-state index >= 15 is 0 Å². The van der Waals surface area contributed by atoms with Gasteiger partial charge in [0, 0.05) is 24.3 Å². The van der Waals surface area contributed by atoms with Crippen molar-refractivity contribution < 1.29 is 9.53 Å². The van der Waals surface area contributed by atoms with Crippen molar-refractivity contribution in [2.45, 2.75) is 31.1 Å². The summed E-state index contributed by atoms with van der Waals surface area (Å²) in [6.07, 6.45) is 3.61. The summed E-state index contributed by atoms with van der Waals surface area (Å²) < 4.78 is 5.58. The molecule has 1 amide bonds. The lowest BCUT2D eigenvalue weighted by molar-refractivity contribution is -0.125. The van der Waals surface area contributed by atoms with Crippen LogP contribution in [0.2, 0.25) is 0 Å². The van der Waals surface area contributed by atoms with Crippen LogP contribution in [0.25, 0.3) is 10.8 Å². The van der Waals surface area contributed by atoms with Crippen molar-refractivity contribution in [2.24, 2.45) is 0 Å². The Morgan fingerprint density at radius 2 is 1.59 bits per heavy atom. The summed E-state index contributed by atoms with van der Waals surface area (Å²) in [4.78, 5) is 13.6. The van der Waals surface area contributed by atoms with Gasteiger partial charge in [0.15, 0.2) is 0 Å². The van der Waals surface area contributed by atoms with Crippen molar-refractivity contribution in [3.8, 4) is 0 Å². The Morgan fingerprint density at radius 1 is 0.852 bits per heavy atom. The maximum atomic E-state index is 13.6. The Hall–Kier alpha value is -2.65. The van der Waals surface area contributed by atoms with E-state index in [2.05, 4.69) is 47.8 Å². The van der Waals surface area contributed by atoms with Gasteiger partial charge in [-0.1, -0.05) is 54.6 Å². The number of carbonyl (C=O) groups excluding carboxylic acids is 1. The van der Waals surface area contributed by atoms with Crippen LogP contribution >= 0.6 is 0 Å². The fraction of sp³-hybridized carbons (Fsp3) is 0.292. The molecule has 0 atom stereocenters. The van der Waals surface area contributed by atoms with E-state index < -0.39 is 5.41 Å². The molecule has 3 aromatic rings. The molecule has 0 aromatic heterocycles. The molecular weight excluding hydrogens is 334 g/mol. The fourth-order valence-corrected chi connectivity index (χ4v) is 4.72. The molecule has 27 heavy (non-hydrogen) atoms. The van der Waals surface area contributed by atoms with E-state index in [-0.39, 0.29) is 5.91 Å². The average Bonchev–Trinajstić information content (AvgIpc) is 3.16. The lowest BCUT2D eigenvalue weighted by Gasteiger charge is -2.36. The van der Waals surface area contributed by atoms with Crippen molar-refractivity contribution in [1.82, 2.24) is 0 Å². The van der Waals surface area contributed by atoms with Gasteiger partial charge in [0.2, 0.25) is 5.91 Å². The number of carbonyl (C=O) groups is 1. The molecule has 0 unspecified atom stereocenters. The Labute approximate surface area is 159 Å². The van der Waals surface area contributed by atoms with Crippen LogP contribution in [0, 0.1) is 0 Å². The Balaban J connectivity index is 1.55. The van der Waals surface area contributed by atoms with Crippen molar-refractivity contribution >= 4 is 22.4 Å². The standard InChI is InChI=1S/C24H23NO2/c26-23(24(13-15-27-16-14-24)19-6-2-1-3-7-19)25-21-12-11-18-10-9-17-5-4-8-20(21)22(17)18/h1-8,11-12H,9-10,13-16H2,(H,25,26).